The number of rotatable bonds is 17. The second-order valence-electron chi connectivity index (χ2n) is 6.48. The molecule has 0 spiro atoms. The summed E-state index contributed by atoms with van der Waals surface area (Å²) in [5.74, 6) is 0. The monoisotopic (exact) mass is 356 g/mol. The van der Waals surface area contributed by atoms with Crippen LogP contribution >= 0.6 is 0 Å². The van der Waals surface area contributed by atoms with Gasteiger partial charge in [0.05, 0.1) is 0 Å². The molecular formula is C18H32N2O5. The van der Waals surface area contributed by atoms with Crippen LogP contribution in [0.4, 0.5) is 0 Å². The SMILES string of the molecule is CCCCCCC(C/C=C/CC(CCCCCC=O)[N+](=O)[O-])[N+](=O)[O-]. The normalized spacial score (nSPS) is 13.6. The van der Waals surface area contributed by atoms with Crippen molar-refractivity contribution < 1.29 is 14.6 Å². The molecule has 0 aromatic heterocycles. The number of carbonyl (C=O) groups excluding carboxylic acids is 1. The number of aldehydes is 1. The molecule has 0 saturated carbocycles. The lowest BCUT2D eigenvalue weighted by Gasteiger charge is -2.08. The zero-order valence-corrected chi connectivity index (χ0v) is 15.3. The van der Waals surface area contributed by atoms with Crippen LogP contribution in [0.5, 0.6) is 0 Å². The van der Waals surface area contributed by atoms with Gasteiger partial charge in [-0.05, 0) is 19.3 Å². The Morgan fingerprint density at radius 3 is 1.68 bits per heavy atom. The highest BCUT2D eigenvalue weighted by Gasteiger charge is 2.19. The molecule has 2 atom stereocenters. The van der Waals surface area contributed by atoms with Crippen molar-refractivity contribution in [2.45, 2.75) is 96.1 Å². The Balaban J connectivity index is 4.16. The predicted octanol–water partition coefficient (Wildman–Crippen LogP) is 4.73. The van der Waals surface area contributed by atoms with Crippen LogP contribution < -0.4 is 0 Å². The molecule has 0 heterocycles. The summed E-state index contributed by atoms with van der Waals surface area (Å²) in [6.45, 7) is 2.10. The minimum absolute atomic E-state index is 0.242. The molecule has 0 aliphatic heterocycles. The maximum atomic E-state index is 11.1. The van der Waals surface area contributed by atoms with Crippen LogP contribution in [0.3, 0.4) is 0 Å². The van der Waals surface area contributed by atoms with E-state index in [1.807, 2.05) is 0 Å². The predicted molar refractivity (Wildman–Crippen MR) is 97.8 cm³/mol. The van der Waals surface area contributed by atoms with Crippen LogP contribution in [0.25, 0.3) is 0 Å². The molecule has 0 radical (unpaired) electrons. The van der Waals surface area contributed by atoms with Gasteiger partial charge in [-0.15, -0.1) is 0 Å². The van der Waals surface area contributed by atoms with E-state index in [1.165, 1.54) is 0 Å². The van der Waals surface area contributed by atoms with Gasteiger partial charge in [0.25, 0.3) is 0 Å². The maximum Gasteiger partial charge on any atom is 0.216 e. The van der Waals surface area contributed by atoms with Crippen molar-refractivity contribution in [1.29, 1.82) is 0 Å². The van der Waals surface area contributed by atoms with Crippen LogP contribution in [-0.2, 0) is 4.79 Å². The summed E-state index contributed by atoms with van der Waals surface area (Å²) in [6, 6.07) is -1.24. The standard InChI is InChI=1S/C18H32N2O5/c1-2-3-4-7-12-17(19(22)23)14-9-10-15-18(20(24)25)13-8-5-6-11-16-21/h9-10,16-18H,2-8,11-15H2,1H3/b10-9+. The molecule has 0 bridgehead atoms. The molecule has 7 nitrogen and oxygen atoms in total. The molecule has 0 aliphatic carbocycles. The topological polar surface area (TPSA) is 103 Å². The molecule has 0 fully saturated rings. The van der Waals surface area contributed by atoms with E-state index >= 15 is 0 Å². The van der Waals surface area contributed by atoms with Crippen molar-refractivity contribution in [3.63, 3.8) is 0 Å². The van der Waals surface area contributed by atoms with Crippen LogP contribution in [0, 0.1) is 20.2 Å². The van der Waals surface area contributed by atoms with E-state index in [9.17, 15) is 25.0 Å². The Kier molecular flexibility index (Phi) is 14.6. The zero-order valence-electron chi connectivity index (χ0n) is 15.3. The lowest BCUT2D eigenvalue weighted by molar-refractivity contribution is -0.523. The first kappa shape index (κ1) is 23.2. The molecule has 2 unspecified atom stereocenters. The van der Waals surface area contributed by atoms with E-state index in [0.717, 1.165) is 51.2 Å². The van der Waals surface area contributed by atoms with Crippen LogP contribution in [0.1, 0.15) is 84.0 Å². The van der Waals surface area contributed by atoms with Gasteiger partial charge in [0.2, 0.25) is 12.1 Å². The van der Waals surface area contributed by atoms with Crippen molar-refractivity contribution in [1.82, 2.24) is 0 Å². The van der Waals surface area contributed by atoms with Crippen LogP contribution in [-0.4, -0.2) is 28.2 Å². The van der Waals surface area contributed by atoms with Gasteiger partial charge in [0.15, 0.2) is 0 Å². The summed E-state index contributed by atoms with van der Waals surface area (Å²) in [4.78, 5) is 31.8. The van der Waals surface area contributed by atoms with Gasteiger partial charge in [-0.25, -0.2) is 0 Å². The second-order valence-corrected chi connectivity index (χ2v) is 6.48. The molecule has 0 N–H and O–H groups in total. The van der Waals surface area contributed by atoms with Gasteiger partial charge in [-0.2, -0.15) is 0 Å². The fourth-order valence-electron chi connectivity index (χ4n) is 2.72. The number of hydrogen-bond acceptors (Lipinski definition) is 5. The molecule has 7 heteroatoms. The first-order valence-corrected chi connectivity index (χ1v) is 9.38. The Morgan fingerprint density at radius 1 is 0.800 bits per heavy atom. The summed E-state index contributed by atoms with van der Waals surface area (Å²) >= 11 is 0. The number of carbonyl (C=O) groups is 1. The summed E-state index contributed by atoms with van der Waals surface area (Å²) in [5.41, 5.74) is 0. The van der Waals surface area contributed by atoms with Crippen molar-refractivity contribution in [3.8, 4) is 0 Å². The molecule has 0 amide bonds. The fraction of sp³-hybridized carbons (Fsp3) is 0.833. The summed E-state index contributed by atoms with van der Waals surface area (Å²) < 4.78 is 0. The van der Waals surface area contributed by atoms with Crippen molar-refractivity contribution in [3.05, 3.63) is 32.4 Å². The van der Waals surface area contributed by atoms with E-state index < -0.39 is 12.1 Å². The van der Waals surface area contributed by atoms with E-state index in [-0.39, 0.29) is 9.85 Å². The first-order valence-electron chi connectivity index (χ1n) is 9.38. The first-order chi connectivity index (χ1) is 12.0. The Labute approximate surface area is 150 Å². The van der Waals surface area contributed by atoms with Gasteiger partial charge in [0, 0.05) is 42.0 Å². The third-order valence-electron chi connectivity index (χ3n) is 4.33. The minimum Gasteiger partial charge on any atom is -0.303 e. The summed E-state index contributed by atoms with van der Waals surface area (Å²) in [6.07, 6.45) is 12.8. The summed E-state index contributed by atoms with van der Waals surface area (Å²) in [5, 5.41) is 22.1. The molecule has 0 aliphatic rings. The van der Waals surface area contributed by atoms with E-state index in [4.69, 9.17) is 0 Å². The molecule has 25 heavy (non-hydrogen) atoms. The number of nitro groups is 2. The fourth-order valence-corrected chi connectivity index (χ4v) is 2.72. The van der Waals surface area contributed by atoms with Gasteiger partial charge in [0.1, 0.15) is 6.29 Å². The van der Waals surface area contributed by atoms with Crippen molar-refractivity contribution >= 4 is 6.29 Å². The van der Waals surface area contributed by atoms with E-state index in [1.54, 1.807) is 12.2 Å². The third-order valence-corrected chi connectivity index (χ3v) is 4.33. The average Bonchev–Trinajstić information content (AvgIpc) is 2.57. The highest BCUT2D eigenvalue weighted by Crippen LogP contribution is 2.14. The Hall–Kier alpha value is -1.79. The minimum atomic E-state index is -0.647. The van der Waals surface area contributed by atoms with Crippen LogP contribution in [0.2, 0.25) is 0 Å². The average molecular weight is 356 g/mol. The smallest absolute Gasteiger partial charge is 0.216 e. The molecule has 0 aromatic carbocycles. The molecule has 144 valence electrons. The summed E-state index contributed by atoms with van der Waals surface area (Å²) in [7, 11) is 0. The number of unbranched alkanes of at least 4 members (excludes halogenated alkanes) is 6. The van der Waals surface area contributed by atoms with E-state index in [0.29, 0.717) is 32.1 Å². The lowest BCUT2D eigenvalue weighted by atomic mass is 10.0. The molecule has 0 rings (SSSR count). The van der Waals surface area contributed by atoms with Crippen molar-refractivity contribution in [2.24, 2.45) is 0 Å². The highest BCUT2D eigenvalue weighted by atomic mass is 16.6. The van der Waals surface area contributed by atoms with Gasteiger partial charge in [-0.1, -0.05) is 44.8 Å². The van der Waals surface area contributed by atoms with Crippen molar-refractivity contribution in [2.75, 3.05) is 0 Å². The van der Waals surface area contributed by atoms with E-state index in [2.05, 4.69) is 6.92 Å². The largest absolute Gasteiger partial charge is 0.303 e. The Morgan fingerprint density at radius 2 is 1.28 bits per heavy atom. The quantitative estimate of drug-likeness (QED) is 0.123. The Bertz CT molecular complexity index is 412. The molecule has 0 aromatic rings. The molecule has 0 saturated heterocycles. The van der Waals surface area contributed by atoms with Gasteiger partial charge < -0.3 is 4.79 Å². The lowest BCUT2D eigenvalue weighted by Crippen LogP contribution is -2.19. The second kappa shape index (κ2) is 15.7. The van der Waals surface area contributed by atoms with Gasteiger partial charge >= 0.3 is 0 Å². The number of hydrogen-bond donors (Lipinski definition) is 0. The van der Waals surface area contributed by atoms with Crippen LogP contribution in [0.15, 0.2) is 12.2 Å². The number of nitrogens with zero attached hydrogens (tertiary/aromatic N) is 2. The zero-order chi connectivity index (χ0) is 18.9. The maximum absolute atomic E-state index is 11.1. The highest BCUT2D eigenvalue weighted by molar-refractivity contribution is 5.48. The third kappa shape index (κ3) is 13.2. The van der Waals surface area contributed by atoms with Gasteiger partial charge in [-0.3, -0.25) is 20.2 Å². The molecular weight excluding hydrogens is 324 g/mol.